The molecule has 0 N–H and O–H groups in total. The van der Waals surface area contributed by atoms with Gasteiger partial charge in [-0.3, -0.25) is 4.79 Å². The summed E-state index contributed by atoms with van der Waals surface area (Å²) >= 11 is 0. The summed E-state index contributed by atoms with van der Waals surface area (Å²) in [6.07, 6.45) is 10.0. The van der Waals surface area contributed by atoms with Gasteiger partial charge in [0.25, 0.3) is 0 Å². The molecule has 1 aromatic carbocycles. The molecule has 0 saturated carbocycles. The van der Waals surface area contributed by atoms with Crippen molar-refractivity contribution in [3.05, 3.63) is 108 Å². The van der Waals surface area contributed by atoms with E-state index in [4.69, 9.17) is 13.6 Å². The second-order valence-electron chi connectivity index (χ2n) is 8.04. The maximum atomic E-state index is 11.9. The van der Waals surface area contributed by atoms with Crippen molar-refractivity contribution in [3.63, 3.8) is 0 Å². The van der Waals surface area contributed by atoms with E-state index in [-0.39, 0.29) is 30.3 Å². The summed E-state index contributed by atoms with van der Waals surface area (Å²) in [5, 5.41) is 0. The number of benzene rings is 1. The number of hydrogen-bond acceptors (Lipinski definition) is 4. The summed E-state index contributed by atoms with van der Waals surface area (Å²) in [6.45, 7) is 1.44. The molecule has 0 saturated heterocycles. The van der Waals surface area contributed by atoms with Crippen LogP contribution in [0, 0.1) is 0 Å². The lowest BCUT2D eigenvalue weighted by molar-refractivity contribution is -0.732. The lowest BCUT2D eigenvalue weighted by Gasteiger charge is -2.48. The molecule has 0 radical (unpaired) electrons. The van der Waals surface area contributed by atoms with Crippen molar-refractivity contribution in [2.45, 2.75) is 30.7 Å². The van der Waals surface area contributed by atoms with Crippen LogP contribution in [0.4, 0.5) is 0 Å². The van der Waals surface area contributed by atoms with E-state index in [0.29, 0.717) is 5.75 Å². The number of rotatable bonds is 3. The van der Waals surface area contributed by atoms with E-state index < -0.39 is 5.41 Å². The van der Waals surface area contributed by atoms with E-state index in [0.717, 1.165) is 23.2 Å². The average molecular weight is 434 g/mol. The molecule has 2 aliphatic heterocycles. The van der Waals surface area contributed by atoms with Crippen molar-refractivity contribution in [2.24, 2.45) is 0 Å². The zero-order valence-electron chi connectivity index (χ0n) is 16.8. The van der Waals surface area contributed by atoms with E-state index in [1.54, 1.807) is 12.5 Å². The Morgan fingerprint density at radius 3 is 2.29 bits per heavy atom. The minimum Gasteiger partial charge on any atom is -1.00 e. The van der Waals surface area contributed by atoms with Crippen LogP contribution < -0.4 is 21.7 Å². The summed E-state index contributed by atoms with van der Waals surface area (Å²) in [5.74, 6) is 0.214. The average Bonchev–Trinajstić information content (AvgIpc) is 3.48. The smallest absolute Gasteiger partial charge is 0.308 e. The van der Waals surface area contributed by atoms with Crippen LogP contribution >= 0.6 is 0 Å². The Morgan fingerprint density at radius 2 is 1.68 bits per heavy atom. The van der Waals surface area contributed by atoms with Gasteiger partial charge in [0.15, 0.2) is 18.0 Å². The molecule has 5 heterocycles. The molecule has 1 aliphatic carbocycles. The molecular formula is C25H20ClNO4. The van der Waals surface area contributed by atoms with Crippen molar-refractivity contribution < 1.29 is 35.3 Å². The largest absolute Gasteiger partial charge is 1.00 e. The van der Waals surface area contributed by atoms with Gasteiger partial charge < -0.3 is 26.0 Å². The maximum absolute atomic E-state index is 11.9. The van der Waals surface area contributed by atoms with Gasteiger partial charge in [0.1, 0.15) is 0 Å². The van der Waals surface area contributed by atoms with Gasteiger partial charge in [-0.2, -0.15) is 4.57 Å². The molecule has 2 atom stereocenters. The summed E-state index contributed by atoms with van der Waals surface area (Å²) in [7, 11) is 0. The third-order valence-corrected chi connectivity index (χ3v) is 6.63. The maximum Gasteiger partial charge on any atom is 0.308 e. The summed E-state index contributed by atoms with van der Waals surface area (Å²) in [6, 6.07) is 16.6. The van der Waals surface area contributed by atoms with E-state index in [2.05, 4.69) is 35.0 Å². The van der Waals surface area contributed by atoms with Gasteiger partial charge in [-0.05, 0) is 23.8 Å². The number of carbonyl (C=O) groups excluding carboxylic acids is 1. The SMILES string of the molecule is CC(=O)Oc1ccc[n+]2c1C1c3ccccc3C2CC1(c1ccoc1)c1ccoc1.[Cl-]. The highest BCUT2D eigenvalue weighted by molar-refractivity contribution is 5.70. The molecule has 6 heteroatoms. The number of hydrogen-bond donors (Lipinski definition) is 0. The van der Waals surface area contributed by atoms with Gasteiger partial charge in [0.2, 0.25) is 5.69 Å². The Morgan fingerprint density at radius 1 is 1.00 bits per heavy atom. The molecule has 0 amide bonds. The van der Waals surface area contributed by atoms with Crippen molar-refractivity contribution >= 4 is 5.97 Å². The van der Waals surface area contributed by atoms with Crippen LogP contribution in [0.5, 0.6) is 5.75 Å². The highest BCUT2D eigenvalue weighted by Gasteiger charge is 2.61. The number of pyridine rings is 1. The van der Waals surface area contributed by atoms with Crippen LogP contribution in [0.15, 0.2) is 88.6 Å². The minimum atomic E-state index is -0.394. The molecule has 5 nitrogen and oxygen atoms in total. The van der Waals surface area contributed by atoms with Crippen molar-refractivity contribution in [1.29, 1.82) is 0 Å². The quantitative estimate of drug-likeness (QED) is 0.363. The first-order valence-corrected chi connectivity index (χ1v) is 10.1. The molecule has 2 bridgehead atoms. The van der Waals surface area contributed by atoms with Gasteiger partial charge in [0.05, 0.1) is 36.4 Å². The van der Waals surface area contributed by atoms with Crippen LogP contribution in [-0.2, 0) is 10.2 Å². The second kappa shape index (κ2) is 7.13. The molecular weight excluding hydrogens is 414 g/mol. The van der Waals surface area contributed by atoms with E-state index in [1.807, 2.05) is 36.8 Å². The van der Waals surface area contributed by atoms with Gasteiger partial charge in [-0.25, -0.2) is 0 Å². The highest BCUT2D eigenvalue weighted by Crippen LogP contribution is 2.60. The second-order valence-corrected chi connectivity index (χ2v) is 8.04. The van der Waals surface area contributed by atoms with Gasteiger partial charge in [0, 0.05) is 36.1 Å². The first-order chi connectivity index (χ1) is 14.7. The Kier molecular flexibility index (Phi) is 4.52. The lowest BCUT2D eigenvalue weighted by atomic mass is 9.54. The summed E-state index contributed by atoms with van der Waals surface area (Å²) in [5.41, 5.74) is 5.35. The predicted molar refractivity (Wildman–Crippen MR) is 107 cm³/mol. The number of esters is 1. The number of ether oxygens (including phenoxy) is 1. The van der Waals surface area contributed by atoms with Crippen LogP contribution in [0.1, 0.15) is 53.3 Å². The first-order valence-electron chi connectivity index (χ1n) is 10.1. The fraction of sp³-hybridized carbons (Fsp3) is 0.200. The van der Waals surface area contributed by atoms with Gasteiger partial charge in [-0.15, -0.1) is 0 Å². The molecule has 2 unspecified atom stereocenters. The molecule has 0 fully saturated rings. The highest BCUT2D eigenvalue weighted by atomic mass is 35.5. The summed E-state index contributed by atoms with van der Waals surface area (Å²) < 4.78 is 19.1. The molecule has 4 aromatic rings. The third kappa shape index (κ3) is 2.63. The van der Waals surface area contributed by atoms with Crippen molar-refractivity contribution in [1.82, 2.24) is 0 Å². The normalized spacial score (nSPS) is 19.8. The zero-order chi connectivity index (χ0) is 20.3. The molecule has 3 aliphatic rings. The Hall–Kier alpha value is -3.31. The molecule has 3 aromatic heterocycles. The Labute approximate surface area is 185 Å². The van der Waals surface area contributed by atoms with Crippen LogP contribution in [0.25, 0.3) is 0 Å². The number of nitrogens with zero attached hydrogens (tertiary/aromatic N) is 1. The van der Waals surface area contributed by atoms with Gasteiger partial charge in [-0.1, -0.05) is 24.3 Å². The van der Waals surface area contributed by atoms with Crippen LogP contribution in [-0.4, -0.2) is 5.97 Å². The fourth-order valence-electron chi connectivity index (χ4n) is 5.60. The first kappa shape index (κ1) is 19.6. The lowest BCUT2D eigenvalue weighted by Crippen LogP contribution is -3.00. The molecule has 156 valence electrons. The van der Waals surface area contributed by atoms with E-state index >= 15 is 0 Å². The summed E-state index contributed by atoms with van der Waals surface area (Å²) in [4.78, 5) is 11.9. The molecule has 7 rings (SSSR count). The Balaban J connectivity index is 0.00000204. The predicted octanol–water partition coefficient (Wildman–Crippen LogP) is 1.51. The van der Waals surface area contributed by atoms with E-state index in [9.17, 15) is 4.79 Å². The number of halogens is 1. The minimum absolute atomic E-state index is 0. The van der Waals surface area contributed by atoms with E-state index in [1.165, 1.54) is 18.1 Å². The topological polar surface area (TPSA) is 56.5 Å². The number of aromatic nitrogens is 1. The molecule has 0 spiro atoms. The fourth-order valence-corrected chi connectivity index (χ4v) is 5.60. The number of fused-ring (bicyclic) bond motifs is 1. The monoisotopic (exact) mass is 433 g/mol. The van der Waals surface area contributed by atoms with Gasteiger partial charge >= 0.3 is 5.97 Å². The van der Waals surface area contributed by atoms with Crippen molar-refractivity contribution in [2.75, 3.05) is 0 Å². The standard InChI is InChI=1S/C25H20NO4.ClH/c1-16(27)30-22-7-4-10-26-21-13-25(17-8-11-28-14-17,18-9-12-29-15-18)23(24(22)26)20-6-3-2-5-19(20)21;/h2-12,14-15,21,23H,13H2,1H3;1H/q+1;/p-1. The van der Waals surface area contributed by atoms with Crippen LogP contribution in [0.3, 0.4) is 0 Å². The zero-order valence-corrected chi connectivity index (χ0v) is 17.6. The number of carbonyl (C=O) groups is 1. The van der Waals surface area contributed by atoms with Crippen LogP contribution in [0.2, 0.25) is 0 Å². The molecule has 31 heavy (non-hydrogen) atoms. The van der Waals surface area contributed by atoms with Crippen molar-refractivity contribution in [3.8, 4) is 5.75 Å². The third-order valence-electron chi connectivity index (χ3n) is 6.63. The Bertz CT molecular complexity index is 1210. The number of furan rings is 2.